The fourth-order valence-electron chi connectivity index (χ4n) is 2.69. The van der Waals surface area contributed by atoms with Crippen LogP contribution in [0.25, 0.3) is 32.0 Å². The lowest BCUT2D eigenvalue weighted by molar-refractivity contribution is -0.137. The molecule has 0 bridgehead atoms. The zero-order valence-corrected chi connectivity index (χ0v) is 15.7. The van der Waals surface area contributed by atoms with Crippen LogP contribution in [-0.4, -0.2) is 9.97 Å². The van der Waals surface area contributed by atoms with E-state index in [1.807, 2.05) is 0 Å². The maximum Gasteiger partial charge on any atom is 0.416 e. The van der Waals surface area contributed by atoms with Gasteiger partial charge >= 0.3 is 6.18 Å². The van der Waals surface area contributed by atoms with Gasteiger partial charge in [0, 0.05) is 22.3 Å². The van der Waals surface area contributed by atoms with Crippen molar-refractivity contribution < 1.29 is 13.2 Å². The largest absolute Gasteiger partial charge is 0.416 e. The first-order valence-electron chi connectivity index (χ1n) is 7.71. The van der Waals surface area contributed by atoms with Crippen molar-refractivity contribution in [3.8, 4) is 21.8 Å². The Morgan fingerprint density at radius 1 is 0.926 bits per heavy atom. The second kappa shape index (κ2) is 6.78. The van der Waals surface area contributed by atoms with Crippen molar-refractivity contribution >= 4 is 44.8 Å². The van der Waals surface area contributed by atoms with Crippen LogP contribution < -0.4 is 0 Å². The number of hydrogen-bond donors (Lipinski definition) is 0. The highest BCUT2D eigenvalue weighted by Gasteiger charge is 2.31. The minimum Gasteiger partial charge on any atom is -0.255 e. The van der Waals surface area contributed by atoms with Crippen LogP contribution in [-0.2, 0) is 6.18 Å². The van der Waals surface area contributed by atoms with Crippen LogP contribution in [0.4, 0.5) is 13.2 Å². The third kappa shape index (κ3) is 3.52. The molecular weight excluding hydrogens is 416 g/mol. The smallest absolute Gasteiger partial charge is 0.255 e. The molecule has 0 unspecified atom stereocenters. The Morgan fingerprint density at radius 3 is 2.52 bits per heavy atom. The van der Waals surface area contributed by atoms with Gasteiger partial charge in [-0.3, -0.25) is 4.98 Å². The van der Waals surface area contributed by atoms with Crippen LogP contribution >= 0.6 is 34.5 Å². The summed E-state index contributed by atoms with van der Waals surface area (Å²) in [6.07, 6.45) is -2.96. The third-order valence-electron chi connectivity index (χ3n) is 3.94. The van der Waals surface area contributed by atoms with Gasteiger partial charge in [0.25, 0.3) is 0 Å². The topological polar surface area (TPSA) is 25.8 Å². The van der Waals surface area contributed by atoms with Gasteiger partial charge in [0.1, 0.15) is 5.01 Å². The molecule has 2 aromatic heterocycles. The molecule has 0 aliphatic carbocycles. The molecule has 4 aromatic rings. The van der Waals surface area contributed by atoms with Gasteiger partial charge in [-0.25, -0.2) is 4.98 Å². The van der Waals surface area contributed by atoms with E-state index < -0.39 is 11.7 Å². The van der Waals surface area contributed by atoms with Crippen molar-refractivity contribution in [1.82, 2.24) is 9.97 Å². The van der Waals surface area contributed by atoms with Crippen LogP contribution in [0.2, 0.25) is 10.0 Å². The first-order chi connectivity index (χ1) is 12.8. The molecular formula is C19H9Cl2F3N2S. The Labute approximate surface area is 166 Å². The molecule has 4 rings (SSSR count). The number of nitrogens with zero attached hydrogens (tertiary/aromatic N) is 2. The van der Waals surface area contributed by atoms with Crippen LogP contribution in [0.15, 0.2) is 54.7 Å². The van der Waals surface area contributed by atoms with E-state index in [-0.39, 0.29) is 10.6 Å². The lowest BCUT2D eigenvalue weighted by atomic mass is 10.0. The molecule has 0 aliphatic rings. The number of pyridine rings is 1. The van der Waals surface area contributed by atoms with Gasteiger partial charge in [-0.2, -0.15) is 13.2 Å². The number of fused-ring (bicyclic) bond motifs is 1. The number of aromatic nitrogens is 2. The molecule has 8 heteroatoms. The SMILES string of the molecule is FC(F)(F)c1ccc(Cl)c(-c2ncccc2-c2nc3ccc(Cl)cc3s2)c1. The number of alkyl halides is 3. The Bertz CT molecular complexity index is 1160. The van der Waals surface area contributed by atoms with Crippen molar-refractivity contribution in [2.24, 2.45) is 0 Å². The average molecular weight is 425 g/mol. The Kier molecular flexibility index (Phi) is 4.58. The molecule has 0 spiro atoms. The molecule has 2 aromatic carbocycles. The summed E-state index contributed by atoms with van der Waals surface area (Å²) in [7, 11) is 0. The summed E-state index contributed by atoms with van der Waals surface area (Å²) in [6.45, 7) is 0. The molecule has 136 valence electrons. The normalized spacial score (nSPS) is 11.9. The molecule has 2 heterocycles. The molecule has 0 aliphatic heterocycles. The minimum absolute atomic E-state index is 0.187. The molecule has 0 radical (unpaired) electrons. The lowest BCUT2D eigenvalue weighted by Gasteiger charge is -2.12. The summed E-state index contributed by atoms with van der Waals surface area (Å²) >= 11 is 13.6. The summed E-state index contributed by atoms with van der Waals surface area (Å²) in [4.78, 5) is 8.85. The molecule has 0 N–H and O–H groups in total. The zero-order valence-electron chi connectivity index (χ0n) is 13.4. The highest BCUT2D eigenvalue weighted by Crippen LogP contribution is 2.40. The van der Waals surface area contributed by atoms with E-state index in [1.165, 1.54) is 23.6 Å². The number of thiazole rings is 1. The van der Waals surface area contributed by atoms with Gasteiger partial charge in [0.2, 0.25) is 0 Å². The third-order valence-corrected chi connectivity index (χ3v) is 5.55. The van der Waals surface area contributed by atoms with Crippen LogP contribution in [0.1, 0.15) is 5.56 Å². The van der Waals surface area contributed by atoms with Crippen molar-refractivity contribution in [1.29, 1.82) is 0 Å². The van der Waals surface area contributed by atoms with E-state index in [1.54, 1.807) is 30.3 Å². The van der Waals surface area contributed by atoms with Gasteiger partial charge < -0.3 is 0 Å². The monoisotopic (exact) mass is 424 g/mol. The van der Waals surface area contributed by atoms with Gasteiger partial charge in [-0.15, -0.1) is 11.3 Å². The maximum atomic E-state index is 13.1. The average Bonchev–Trinajstić information content (AvgIpc) is 3.04. The van der Waals surface area contributed by atoms with E-state index in [0.29, 0.717) is 21.3 Å². The zero-order chi connectivity index (χ0) is 19.2. The Hall–Kier alpha value is -2.15. The molecule has 0 atom stereocenters. The van der Waals surface area contributed by atoms with Gasteiger partial charge in [-0.05, 0) is 48.5 Å². The predicted octanol–water partition coefficient (Wildman–Crippen LogP) is 7.35. The van der Waals surface area contributed by atoms with Crippen LogP contribution in [0.5, 0.6) is 0 Å². The van der Waals surface area contributed by atoms with Gasteiger partial charge in [-0.1, -0.05) is 23.2 Å². The molecule has 0 fully saturated rings. The van der Waals surface area contributed by atoms with E-state index >= 15 is 0 Å². The maximum absolute atomic E-state index is 13.1. The summed E-state index contributed by atoms with van der Waals surface area (Å²) < 4.78 is 40.3. The van der Waals surface area contributed by atoms with E-state index in [0.717, 1.165) is 22.3 Å². The highest BCUT2D eigenvalue weighted by atomic mass is 35.5. The molecule has 0 saturated heterocycles. The second-order valence-electron chi connectivity index (χ2n) is 5.72. The van der Waals surface area contributed by atoms with Crippen LogP contribution in [0.3, 0.4) is 0 Å². The fraction of sp³-hybridized carbons (Fsp3) is 0.0526. The Morgan fingerprint density at radius 2 is 1.74 bits per heavy atom. The number of halogens is 5. The Balaban J connectivity index is 1.91. The molecule has 27 heavy (non-hydrogen) atoms. The second-order valence-corrected chi connectivity index (χ2v) is 7.60. The van der Waals surface area contributed by atoms with Gasteiger partial charge in [0.15, 0.2) is 0 Å². The fourth-order valence-corrected chi connectivity index (χ4v) is 4.16. The summed E-state index contributed by atoms with van der Waals surface area (Å²) in [5.41, 5.74) is 1.13. The van der Waals surface area contributed by atoms with Gasteiger partial charge in [0.05, 0.1) is 26.5 Å². The van der Waals surface area contributed by atoms with Crippen molar-refractivity contribution in [3.63, 3.8) is 0 Å². The van der Waals surface area contributed by atoms with Crippen LogP contribution in [0, 0.1) is 0 Å². The number of hydrogen-bond acceptors (Lipinski definition) is 3. The van der Waals surface area contributed by atoms with E-state index in [4.69, 9.17) is 23.2 Å². The summed E-state index contributed by atoms with van der Waals surface area (Å²) in [5.74, 6) is 0. The molecule has 0 saturated carbocycles. The highest BCUT2D eigenvalue weighted by molar-refractivity contribution is 7.21. The standard InChI is InChI=1S/C19H9Cl2F3N2S/c20-11-4-6-15-16(9-11)27-18(26-15)12-2-1-7-25-17(12)13-8-10(19(22,23)24)3-5-14(13)21/h1-9H. The minimum atomic E-state index is -4.47. The first kappa shape index (κ1) is 18.2. The first-order valence-corrected chi connectivity index (χ1v) is 9.29. The number of rotatable bonds is 2. The summed E-state index contributed by atoms with van der Waals surface area (Å²) in [5, 5.41) is 1.40. The van der Waals surface area contributed by atoms with Crippen molar-refractivity contribution in [2.75, 3.05) is 0 Å². The summed E-state index contributed by atoms with van der Waals surface area (Å²) in [6, 6.07) is 12.0. The van der Waals surface area contributed by atoms with E-state index in [2.05, 4.69) is 9.97 Å². The quantitative estimate of drug-likeness (QED) is 0.336. The predicted molar refractivity (Wildman–Crippen MR) is 103 cm³/mol. The van der Waals surface area contributed by atoms with Crippen molar-refractivity contribution in [3.05, 3.63) is 70.3 Å². The molecule has 2 nitrogen and oxygen atoms in total. The molecule has 0 amide bonds. The number of benzene rings is 2. The lowest BCUT2D eigenvalue weighted by Crippen LogP contribution is -2.05. The van der Waals surface area contributed by atoms with Crippen molar-refractivity contribution in [2.45, 2.75) is 6.18 Å². The van der Waals surface area contributed by atoms with E-state index in [9.17, 15) is 13.2 Å².